The number of nitrogens with zero attached hydrogens (tertiary/aromatic N) is 1. The monoisotopic (exact) mass is 242 g/mol. The second-order valence-electron chi connectivity index (χ2n) is 4.70. The number of carbonyl (C=O) groups excluding carboxylic acids is 1. The molecule has 0 atom stereocenters. The molecule has 0 unspecified atom stereocenters. The van der Waals surface area contributed by atoms with Crippen molar-refractivity contribution < 1.29 is 14.7 Å². The van der Waals surface area contributed by atoms with Crippen LogP contribution in [0.2, 0.25) is 0 Å². The fraction of sp³-hybridized carbons (Fsp3) is 0.667. The maximum Gasteiger partial charge on any atom is 0.328 e. The highest BCUT2D eigenvalue weighted by Crippen LogP contribution is 1.96. The number of hydrogen-bond acceptors (Lipinski definition) is 3. The molecule has 5 nitrogen and oxygen atoms in total. The quantitative estimate of drug-likeness (QED) is 0.645. The first-order valence-corrected chi connectivity index (χ1v) is 5.66. The molecule has 0 saturated heterocycles. The first-order chi connectivity index (χ1) is 7.81. The van der Waals surface area contributed by atoms with E-state index in [1.54, 1.807) is 18.9 Å². The fourth-order valence-corrected chi connectivity index (χ4v) is 1.36. The van der Waals surface area contributed by atoms with Gasteiger partial charge in [-0.1, -0.05) is 19.4 Å². The lowest BCUT2D eigenvalue weighted by Crippen LogP contribution is -2.37. The van der Waals surface area contributed by atoms with Crippen LogP contribution in [0.3, 0.4) is 0 Å². The van der Waals surface area contributed by atoms with E-state index < -0.39 is 5.97 Å². The molecule has 0 aromatic heterocycles. The van der Waals surface area contributed by atoms with E-state index in [4.69, 9.17) is 5.11 Å². The molecule has 2 N–H and O–H groups in total. The van der Waals surface area contributed by atoms with Gasteiger partial charge in [-0.2, -0.15) is 0 Å². The molecule has 17 heavy (non-hydrogen) atoms. The van der Waals surface area contributed by atoms with Gasteiger partial charge in [0.1, 0.15) is 0 Å². The summed E-state index contributed by atoms with van der Waals surface area (Å²) >= 11 is 0. The van der Waals surface area contributed by atoms with Crippen molar-refractivity contribution in [3.8, 4) is 0 Å². The van der Waals surface area contributed by atoms with Gasteiger partial charge in [-0.25, -0.2) is 4.79 Å². The second-order valence-corrected chi connectivity index (χ2v) is 4.70. The highest BCUT2D eigenvalue weighted by atomic mass is 16.4. The molecule has 0 radical (unpaired) electrons. The number of amides is 1. The molecule has 5 heteroatoms. The summed E-state index contributed by atoms with van der Waals surface area (Å²) in [4.78, 5) is 23.7. The summed E-state index contributed by atoms with van der Waals surface area (Å²) in [7, 11) is 1.79. The van der Waals surface area contributed by atoms with Crippen LogP contribution in [0, 0.1) is 5.92 Å². The zero-order chi connectivity index (χ0) is 13.4. The van der Waals surface area contributed by atoms with E-state index >= 15 is 0 Å². The van der Waals surface area contributed by atoms with Gasteiger partial charge >= 0.3 is 5.97 Å². The van der Waals surface area contributed by atoms with Crippen LogP contribution in [-0.2, 0) is 9.59 Å². The average Bonchev–Trinajstić information content (AvgIpc) is 2.12. The van der Waals surface area contributed by atoms with E-state index in [1.807, 2.05) is 13.8 Å². The lowest BCUT2D eigenvalue weighted by molar-refractivity contribution is -0.131. The first-order valence-electron chi connectivity index (χ1n) is 5.66. The van der Waals surface area contributed by atoms with Crippen LogP contribution in [0.25, 0.3) is 0 Å². The molecule has 98 valence electrons. The maximum absolute atomic E-state index is 11.5. The smallest absolute Gasteiger partial charge is 0.328 e. The Labute approximate surface area is 102 Å². The SMILES string of the molecule is CC(=CC(=O)O)CN(C)CC(=O)NCC(C)C. The summed E-state index contributed by atoms with van der Waals surface area (Å²) in [5.41, 5.74) is 0.719. The Kier molecular flexibility index (Phi) is 7.21. The Hall–Kier alpha value is -1.36. The van der Waals surface area contributed by atoms with E-state index in [0.717, 1.165) is 11.6 Å². The van der Waals surface area contributed by atoms with Crippen molar-refractivity contribution in [3.05, 3.63) is 11.6 Å². The van der Waals surface area contributed by atoms with Crippen LogP contribution in [-0.4, -0.2) is 48.6 Å². The Bertz CT molecular complexity index is 298. The zero-order valence-electron chi connectivity index (χ0n) is 11.0. The van der Waals surface area contributed by atoms with Gasteiger partial charge in [0.2, 0.25) is 5.91 Å². The zero-order valence-corrected chi connectivity index (χ0v) is 11.0. The first kappa shape index (κ1) is 15.6. The van der Waals surface area contributed by atoms with Gasteiger partial charge in [-0.15, -0.1) is 0 Å². The standard InChI is InChI=1S/C12H22N2O3/c1-9(2)6-13-11(15)8-14(4)7-10(3)5-12(16)17/h5,9H,6-8H2,1-4H3,(H,13,15)(H,16,17). The van der Waals surface area contributed by atoms with Gasteiger partial charge in [0.05, 0.1) is 6.54 Å². The van der Waals surface area contributed by atoms with Crippen LogP contribution >= 0.6 is 0 Å². The largest absolute Gasteiger partial charge is 0.478 e. The molecule has 0 bridgehead atoms. The number of carboxylic acids is 1. The molecular weight excluding hydrogens is 220 g/mol. The Morgan fingerprint density at radius 3 is 2.41 bits per heavy atom. The second kappa shape index (κ2) is 7.84. The molecule has 0 aliphatic carbocycles. The van der Waals surface area contributed by atoms with Crippen LogP contribution in [0.1, 0.15) is 20.8 Å². The fourth-order valence-electron chi connectivity index (χ4n) is 1.36. The summed E-state index contributed by atoms with van der Waals surface area (Å²) in [5.74, 6) is -0.567. The van der Waals surface area contributed by atoms with Gasteiger partial charge in [-0.3, -0.25) is 9.69 Å². The van der Waals surface area contributed by atoms with Gasteiger partial charge < -0.3 is 10.4 Å². The molecule has 0 fully saturated rings. The number of carbonyl (C=O) groups is 2. The third-order valence-corrected chi connectivity index (χ3v) is 2.01. The van der Waals surface area contributed by atoms with Gasteiger partial charge in [0.15, 0.2) is 0 Å². The molecule has 0 aliphatic heterocycles. The Morgan fingerprint density at radius 2 is 1.94 bits per heavy atom. The van der Waals surface area contributed by atoms with Crippen molar-refractivity contribution in [2.75, 3.05) is 26.7 Å². The van der Waals surface area contributed by atoms with Crippen molar-refractivity contribution >= 4 is 11.9 Å². The maximum atomic E-state index is 11.5. The molecule has 0 rings (SSSR count). The highest BCUT2D eigenvalue weighted by Gasteiger charge is 2.07. The minimum absolute atomic E-state index is 0.0377. The molecule has 0 spiro atoms. The number of rotatable bonds is 7. The topological polar surface area (TPSA) is 69.6 Å². The third-order valence-electron chi connectivity index (χ3n) is 2.01. The van der Waals surface area contributed by atoms with Crippen LogP contribution < -0.4 is 5.32 Å². The van der Waals surface area contributed by atoms with Gasteiger partial charge in [-0.05, 0) is 19.9 Å². The molecule has 0 aliphatic rings. The van der Waals surface area contributed by atoms with Crippen molar-refractivity contribution in [3.63, 3.8) is 0 Å². The van der Waals surface area contributed by atoms with E-state index in [9.17, 15) is 9.59 Å². The van der Waals surface area contributed by atoms with Crippen molar-refractivity contribution in [1.82, 2.24) is 10.2 Å². The molecule has 0 aromatic carbocycles. The predicted molar refractivity (Wildman–Crippen MR) is 66.7 cm³/mol. The number of nitrogens with one attached hydrogen (secondary N) is 1. The van der Waals surface area contributed by atoms with Crippen molar-refractivity contribution in [2.45, 2.75) is 20.8 Å². The van der Waals surface area contributed by atoms with Gasteiger partial charge in [0.25, 0.3) is 0 Å². The minimum Gasteiger partial charge on any atom is -0.478 e. The number of aliphatic carboxylic acids is 1. The summed E-state index contributed by atoms with van der Waals surface area (Å²) < 4.78 is 0. The summed E-state index contributed by atoms with van der Waals surface area (Å²) in [6.45, 7) is 7.21. The molecular formula is C12H22N2O3. The van der Waals surface area contributed by atoms with Crippen LogP contribution in [0.4, 0.5) is 0 Å². The average molecular weight is 242 g/mol. The van der Waals surface area contributed by atoms with Gasteiger partial charge in [0, 0.05) is 19.2 Å². The summed E-state index contributed by atoms with van der Waals surface area (Å²) in [5, 5.41) is 11.4. The third kappa shape index (κ3) is 9.56. The van der Waals surface area contributed by atoms with Crippen LogP contribution in [0.5, 0.6) is 0 Å². The number of carboxylic acid groups (broad SMARTS) is 1. The van der Waals surface area contributed by atoms with E-state index in [0.29, 0.717) is 19.0 Å². The lowest BCUT2D eigenvalue weighted by atomic mass is 10.2. The van der Waals surface area contributed by atoms with Crippen molar-refractivity contribution in [1.29, 1.82) is 0 Å². The molecule has 0 heterocycles. The van der Waals surface area contributed by atoms with E-state index in [1.165, 1.54) is 0 Å². The lowest BCUT2D eigenvalue weighted by Gasteiger charge is -2.16. The van der Waals surface area contributed by atoms with E-state index in [2.05, 4.69) is 5.32 Å². The summed E-state index contributed by atoms with van der Waals surface area (Å²) in [6, 6.07) is 0. The number of likely N-dealkylation sites (N-methyl/N-ethyl adjacent to an activating group) is 1. The van der Waals surface area contributed by atoms with Crippen molar-refractivity contribution in [2.24, 2.45) is 5.92 Å². The van der Waals surface area contributed by atoms with Crippen LogP contribution in [0.15, 0.2) is 11.6 Å². The molecule has 0 saturated carbocycles. The number of hydrogen-bond donors (Lipinski definition) is 2. The van der Waals surface area contributed by atoms with E-state index in [-0.39, 0.29) is 12.5 Å². The highest BCUT2D eigenvalue weighted by molar-refractivity contribution is 5.80. The molecule has 1 amide bonds. The Morgan fingerprint density at radius 1 is 1.35 bits per heavy atom. The Balaban J connectivity index is 3.97. The molecule has 0 aromatic rings. The predicted octanol–water partition coefficient (Wildman–Crippen LogP) is 0.721. The summed E-state index contributed by atoms with van der Waals surface area (Å²) in [6.07, 6.45) is 1.16. The normalized spacial score (nSPS) is 12.0. The minimum atomic E-state index is -0.958.